The Morgan fingerprint density at radius 1 is 1.21 bits per heavy atom. The van der Waals surface area contributed by atoms with Gasteiger partial charge in [0.25, 0.3) is 0 Å². The van der Waals surface area contributed by atoms with Crippen LogP contribution in [0.4, 0.5) is 0 Å². The summed E-state index contributed by atoms with van der Waals surface area (Å²) in [5.41, 5.74) is 6.02. The van der Waals surface area contributed by atoms with Gasteiger partial charge >= 0.3 is 0 Å². The summed E-state index contributed by atoms with van der Waals surface area (Å²) in [5, 5.41) is 0. The number of fused-ring (bicyclic) bond motifs is 1. The molecular weight excluding hydrogens is 172 g/mol. The minimum absolute atomic E-state index is 0.496. The van der Waals surface area contributed by atoms with E-state index in [0.29, 0.717) is 6.04 Å². The van der Waals surface area contributed by atoms with Crippen LogP contribution < -0.4 is 5.73 Å². The van der Waals surface area contributed by atoms with E-state index >= 15 is 0 Å². The third kappa shape index (κ3) is 2.29. The molecule has 2 N–H and O–H groups in total. The second-order valence-electron chi connectivity index (χ2n) is 5.71. The molecule has 0 aromatic heterocycles. The van der Waals surface area contributed by atoms with Crippen molar-refractivity contribution in [2.75, 3.05) is 19.6 Å². The normalized spacial score (nSPS) is 39.0. The van der Waals surface area contributed by atoms with Gasteiger partial charge in [-0.25, -0.2) is 0 Å². The van der Waals surface area contributed by atoms with Crippen molar-refractivity contribution in [2.45, 2.75) is 39.2 Å². The van der Waals surface area contributed by atoms with Crippen molar-refractivity contribution in [3.63, 3.8) is 0 Å². The van der Waals surface area contributed by atoms with Crippen LogP contribution in [-0.2, 0) is 0 Å². The molecule has 1 heterocycles. The molecule has 0 amide bonds. The fourth-order valence-corrected chi connectivity index (χ4v) is 3.23. The molecule has 1 aliphatic carbocycles. The quantitative estimate of drug-likeness (QED) is 0.728. The number of hydrogen-bond donors (Lipinski definition) is 1. The van der Waals surface area contributed by atoms with Gasteiger partial charge in [0.15, 0.2) is 0 Å². The fraction of sp³-hybridized carbons (Fsp3) is 1.00. The number of rotatable bonds is 2. The van der Waals surface area contributed by atoms with Crippen LogP contribution in [0.25, 0.3) is 0 Å². The SMILES string of the molecule is CC(C)CN1CC2CCC(N)CC2C1. The highest BCUT2D eigenvalue weighted by Gasteiger charge is 2.36. The van der Waals surface area contributed by atoms with E-state index in [9.17, 15) is 0 Å². The van der Waals surface area contributed by atoms with E-state index in [1.807, 2.05) is 0 Å². The third-order valence-corrected chi connectivity index (χ3v) is 3.79. The van der Waals surface area contributed by atoms with Gasteiger partial charge in [-0.05, 0) is 37.0 Å². The molecular formula is C12H24N2. The van der Waals surface area contributed by atoms with Crippen LogP contribution in [0, 0.1) is 17.8 Å². The van der Waals surface area contributed by atoms with Crippen molar-refractivity contribution in [1.82, 2.24) is 4.90 Å². The van der Waals surface area contributed by atoms with Gasteiger partial charge in [0.1, 0.15) is 0 Å². The molecule has 3 atom stereocenters. The Morgan fingerprint density at radius 2 is 1.93 bits per heavy atom. The number of nitrogens with two attached hydrogens (primary N) is 1. The minimum Gasteiger partial charge on any atom is -0.328 e. The van der Waals surface area contributed by atoms with E-state index in [0.717, 1.165) is 17.8 Å². The van der Waals surface area contributed by atoms with Gasteiger partial charge in [-0.2, -0.15) is 0 Å². The zero-order valence-electron chi connectivity index (χ0n) is 9.58. The molecule has 0 spiro atoms. The van der Waals surface area contributed by atoms with Crippen LogP contribution in [-0.4, -0.2) is 30.6 Å². The van der Waals surface area contributed by atoms with E-state index in [1.165, 1.54) is 38.9 Å². The zero-order valence-corrected chi connectivity index (χ0v) is 9.58. The zero-order chi connectivity index (χ0) is 10.1. The first-order chi connectivity index (χ1) is 6.65. The molecule has 2 heteroatoms. The molecule has 2 fully saturated rings. The molecule has 82 valence electrons. The van der Waals surface area contributed by atoms with E-state index in [2.05, 4.69) is 18.7 Å². The monoisotopic (exact) mass is 196 g/mol. The van der Waals surface area contributed by atoms with Crippen LogP contribution in [0.3, 0.4) is 0 Å². The molecule has 1 saturated carbocycles. The molecule has 0 radical (unpaired) electrons. The lowest BCUT2D eigenvalue weighted by molar-refractivity contribution is 0.271. The van der Waals surface area contributed by atoms with Crippen LogP contribution in [0.5, 0.6) is 0 Å². The van der Waals surface area contributed by atoms with Crippen molar-refractivity contribution in [1.29, 1.82) is 0 Å². The van der Waals surface area contributed by atoms with Gasteiger partial charge in [-0.15, -0.1) is 0 Å². The topological polar surface area (TPSA) is 29.3 Å². The summed E-state index contributed by atoms with van der Waals surface area (Å²) in [7, 11) is 0. The Hall–Kier alpha value is -0.0800. The minimum atomic E-state index is 0.496. The lowest BCUT2D eigenvalue weighted by Crippen LogP contribution is -2.32. The van der Waals surface area contributed by atoms with Crippen LogP contribution in [0.15, 0.2) is 0 Å². The summed E-state index contributed by atoms with van der Waals surface area (Å²) in [5.74, 6) is 2.69. The molecule has 0 aromatic rings. The summed E-state index contributed by atoms with van der Waals surface area (Å²) in [6.07, 6.45) is 3.91. The first-order valence-electron chi connectivity index (χ1n) is 6.13. The van der Waals surface area contributed by atoms with E-state index in [4.69, 9.17) is 5.73 Å². The smallest absolute Gasteiger partial charge is 0.00421 e. The largest absolute Gasteiger partial charge is 0.328 e. The van der Waals surface area contributed by atoms with Crippen molar-refractivity contribution in [3.05, 3.63) is 0 Å². The number of nitrogens with zero attached hydrogens (tertiary/aromatic N) is 1. The standard InChI is InChI=1S/C12H24N2/c1-9(2)6-14-7-10-3-4-12(13)5-11(10)8-14/h9-12H,3-8,13H2,1-2H3. The Kier molecular flexibility index (Phi) is 3.13. The second-order valence-corrected chi connectivity index (χ2v) is 5.71. The molecule has 2 nitrogen and oxygen atoms in total. The van der Waals surface area contributed by atoms with Gasteiger partial charge in [0.2, 0.25) is 0 Å². The molecule has 3 unspecified atom stereocenters. The van der Waals surface area contributed by atoms with Gasteiger partial charge in [-0.3, -0.25) is 0 Å². The Labute approximate surface area is 87.8 Å². The highest BCUT2D eigenvalue weighted by Crippen LogP contribution is 2.35. The van der Waals surface area contributed by atoms with Crippen LogP contribution in [0.1, 0.15) is 33.1 Å². The molecule has 2 aliphatic rings. The molecule has 0 aromatic carbocycles. The summed E-state index contributed by atoms with van der Waals surface area (Å²) >= 11 is 0. The molecule has 14 heavy (non-hydrogen) atoms. The first-order valence-corrected chi connectivity index (χ1v) is 6.13. The molecule has 0 bridgehead atoms. The fourth-order valence-electron chi connectivity index (χ4n) is 3.23. The third-order valence-electron chi connectivity index (χ3n) is 3.79. The molecule has 1 saturated heterocycles. The average molecular weight is 196 g/mol. The Bertz CT molecular complexity index is 191. The summed E-state index contributed by atoms with van der Waals surface area (Å²) in [6.45, 7) is 8.57. The van der Waals surface area contributed by atoms with E-state index in [1.54, 1.807) is 0 Å². The Morgan fingerprint density at radius 3 is 2.64 bits per heavy atom. The summed E-state index contributed by atoms with van der Waals surface area (Å²) < 4.78 is 0. The van der Waals surface area contributed by atoms with E-state index in [-0.39, 0.29) is 0 Å². The molecule has 2 rings (SSSR count). The number of likely N-dealkylation sites (tertiary alicyclic amines) is 1. The maximum absolute atomic E-state index is 6.02. The van der Waals surface area contributed by atoms with Crippen molar-refractivity contribution < 1.29 is 0 Å². The first kappa shape index (κ1) is 10.4. The summed E-state index contributed by atoms with van der Waals surface area (Å²) in [6, 6.07) is 0.496. The van der Waals surface area contributed by atoms with Gasteiger partial charge < -0.3 is 10.6 Å². The average Bonchev–Trinajstić information content (AvgIpc) is 2.44. The predicted octanol–water partition coefficient (Wildman–Crippen LogP) is 1.70. The predicted molar refractivity (Wildman–Crippen MR) is 60.1 cm³/mol. The van der Waals surface area contributed by atoms with Gasteiger partial charge in [0.05, 0.1) is 0 Å². The van der Waals surface area contributed by atoms with Crippen LogP contribution in [0.2, 0.25) is 0 Å². The highest BCUT2D eigenvalue weighted by atomic mass is 15.2. The maximum Gasteiger partial charge on any atom is 0.00421 e. The van der Waals surface area contributed by atoms with E-state index < -0.39 is 0 Å². The number of hydrogen-bond acceptors (Lipinski definition) is 2. The highest BCUT2D eigenvalue weighted by molar-refractivity contribution is 4.90. The van der Waals surface area contributed by atoms with Crippen molar-refractivity contribution >= 4 is 0 Å². The summed E-state index contributed by atoms with van der Waals surface area (Å²) in [4.78, 5) is 2.65. The van der Waals surface area contributed by atoms with Crippen LogP contribution >= 0.6 is 0 Å². The molecule has 1 aliphatic heterocycles. The van der Waals surface area contributed by atoms with Crippen molar-refractivity contribution in [3.8, 4) is 0 Å². The second kappa shape index (κ2) is 4.19. The maximum atomic E-state index is 6.02. The van der Waals surface area contributed by atoms with Gasteiger partial charge in [-0.1, -0.05) is 13.8 Å². The lowest BCUT2D eigenvalue weighted by atomic mass is 9.79. The van der Waals surface area contributed by atoms with Gasteiger partial charge in [0, 0.05) is 25.7 Å². The lowest BCUT2D eigenvalue weighted by Gasteiger charge is -2.28. The Balaban J connectivity index is 1.86. The van der Waals surface area contributed by atoms with Crippen molar-refractivity contribution in [2.24, 2.45) is 23.5 Å².